The van der Waals surface area contributed by atoms with Crippen LogP contribution in [0, 0.1) is 0 Å². The first-order valence-corrected chi connectivity index (χ1v) is 12.1. The van der Waals surface area contributed by atoms with Gasteiger partial charge in [0.1, 0.15) is 0 Å². The van der Waals surface area contributed by atoms with Crippen LogP contribution in [-0.2, 0) is 11.2 Å². The maximum Gasteiger partial charge on any atom is 0.234 e. The topological polar surface area (TPSA) is 36.4 Å². The molecule has 4 aromatic rings. The van der Waals surface area contributed by atoms with Crippen molar-refractivity contribution in [3.8, 4) is 0 Å². The Morgan fingerprint density at radius 3 is 2.12 bits per heavy atom. The fourth-order valence-corrected chi connectivity index (χ4v) is 5.46. The predicted octanol–water partition coefficient (Wildman–Crippen LogP) is 5.34. The molecule has 5 rings (SSSR count). The summed E-state index contributed by atoms with van der Waals surface area (Å²) in [6.07, 6.45) is 1.04. The number of rotatable bonds is 5. The lowest BCUT2D eigenvalue weighted by Gasteiger charge is -2.36. The van der Waals surface area contributed by atoms with Gasteiger partial charge in [-0.15, -0.1) is 0 Å². The first-order valence-electron chi connectivity index (χ1n) is 11.3. The molecule has 2 heterocycles. The number of carbonyl (C=O) groups excluding carboxylic acids is 1. The number of aromatic nitrogens is 1. The van der Waals surface area contributed by atoms with Gasteiger partial charge in [-0.25, -0.2) is 4.98 Å². The normalized spacial score (nSPS) is 14.3. The molecular weight excluding hydrogens is 414 g/mol. The Morgan fingerprint density at radius 2 is 1.53 bits per heavy atom. The van der Waals surface area contributed by atoms with Crippen molar-refractivity contribution in [3.05, 3.63) is 95.6 Å². The number of thiazole rings is 1. The summed E-state index contributed by atoms with van der Waals surface area (Å²) in [5.74, 6) is -0.0854. The van der Waals surface area contributed by atoms with Crippen LogP contribution < -0.4 is 4.90 Å². The monoisotopic (exact) mass is 441 g/mol. The van der Waals surface area contributed by atoms with Gasteiger partial charge in [-0.1, -0.05) is 85.0 Å². The van der Waals surface area contributed by atoms with Gasteiger partial charge in [-0.05, 0) is 35.2 Å². The number of hydrogen-bond donors (Lipinski definition) is 0. The molecule has 162 valence electrons. The minimum atomic E-state index is -0.265. The van der Waals surface area contributed by atoms with E-state index in [0.717, 1.165) is 41.3 Å². The van der Waals surface area contributed by atoms with E-state index in [-0.39, 0.29) is 11.8 Å². The van der Waals surface area contributed by atoms with E-state index in [1.165, 1.54) is 10.3 Å². The van der Waals surface area contributed by atoms with E-state index in [1.807, 2.05) is 41.3 Å². The number of carbonyl (C=O) groups is 1. The average molecular weight is 442 g/mol. The number of piperazine rings is 1. The van der Waals surface area contributed by atoms with Crippen LogP contribution in [0.1, 0.15) is 29.5 Å². The third-order valence-corrected chi connectivity index (χ3v) is 7.30. The van der Waals surface area contributed by atoms with Gasteiger partial charge in [-0.2, -0.15) is 0 Å². The smallest absolute Gasteiger partial charge is 0.234 e. The number of nitrogens with zero attached hydrogens (tertiary/aromatic N) is 3. The largest absolute Gasteiger partial charge is 0.345 e. The lowest BCUT2D eigenvalue weighted by atomic mass is 9.90. The fraction of sp³-hybridized carbons (Fsp3) is 0.259. The van der Waals surface area contributed by atoms with Crippen molar-refractivity contribution in [2.45, 2.75) is 19.3 Å². The Kier molecular flexibility index (Phi) is 5.91. The van der Waals surface area contributed by atoms with Gasteiger partial charge >= 0.3 is 0 Å². The van der Waals surface area contributed by atoms with Crippen molar-refractivity contribution in [2.75, 3.05) is 31.1 Å². The van der Waals surface area contributed by atoms with Crippen LogP contribution in [0.15, 0.2) is 78.9 Å². The summed E-state index contributed by atoms with van der Waals surface area (Å²) in [6, 6.07) is 26.8. The van der Waals surface area contributed by atoms with E-state index < -0.39 is 0 Å². The van der Waals surface area contributed by atoms with Crippen LogP contribution in [-0.4, -0.2) is 42.0 Å². The summed E-state index contributed by atoms with van der Waals surface area (Å²) in [6.45, 7) is 5.22. The molecule has 1 aliphatic heterocycles. The minimum Gasteiger partial charge on any atom is -0.345 e. The van der Waals surface area contributed by atoms with Crippen molar-refractivity contribution in [2.24, 2.45) is 0 Å². The highest BCUT2D eigenvalue weighted by Crippen LogP contribution is 2.31. The molecule has 0 atom stereocenters. The first-order chi connectivity index (χ1) is 15.7. The van der Waals surface area contributed by atoms with Crippen LogP contribution in [0.4, 0.5) is 5.13 Å². The summed E-state index contributed by atoms with van der Waals surface area (Å²) in [5, 5.41) is 1.06. The van der Waals surface area contributed by atoms with Crippen LogP contribution in [0.2, 0.25) is 0 Å². The molecule has 0 N–H and O–H groups in total. The zero-order valence-corrected chi connectivity index (χ0v) is 19.1. The number of hydrogen-bond acceptors (Lipinski definition) is 4. The molecule has 1 amide bonds. The molecule has 1 aromatic heterocycles. The number of benzene rings is 3. The average Bonchev–Trinajstić information content (AvgIpc) is 3.29. The maximum absolute atomic E-state index is 13.6. The molecule has 0 bridgehead atoms. The summed E-state index contributed by atoms with van der Waals surface area (Å²) >= 11 is 1.75. The molecule has 5 heteroatoms. The molecule has 3 aromatic carbocycles. The standard InChI is InChI=1S/C27H27N3OS/c1-2-20-13-14-23-24(19-20)32-27(28-23)30-17-15-29(16-18-30)26(31)25(21-9-5-3-6-10-21)22-11-7-4-8-12-22/h3-14,19,25H,2,15-18H2,1H3. The molecular formula is C27H27N3OS. The van der Waals surface area contributed by atoms with Crippen LogP contribution in [0.3, 0.4) is 0 Å². The van der Waals surface area contributed by atoms with Crippen LogP contribution >= 0.6 is 11.3 Å². The summed E-state index contributed by atoms with van der Waals surface area (Å²) in [5.41, 5.74) is 4.50. The van der Waals surface area contributed by atoms with Gasteiger partial charge in [-0.3, -0.25) is 4.79 Å². The highest BCUT2D eigenvalue weighted by Gasteiger charge is 2.30. The van der Waals surface area contributed by atoms with Crippen molar-refractivity contribution < 1.29 is 4.79 Å². The van der Waals surface area contributed by atoms with Crippen LogP contribution in [0.25, 0.3) is 10.2 Å². The number of amides is 1. The number of fused-ring (bicyclic) bond motifs is 1. The van der Waals surface area contributed by atoms with E-state index in [0.29, 0.717) is 13.1 Å². The third-order valence-electron chi connectivity index (χ3n) is 6.22. The second-order valence-electron chi connectivity index (χ2n) is 8.22. The summed E-state index contributed by atoms with van der Waals surface area (Å²) < 4.78 is 1.24. The van der Waals surface area contributed by atoms with Crippen LogP contribution in [0.5, 0.6) is 0 Å². The summed E-state index contributed by atoms with van der Waals surface area (Å²) in [4.78, 5) is 22.8. The van der Waals surface area contributed by atoms with E-state index in [1.54, 1.807) is 11.3 Å². The van der Waals surface area contributed by atoms with Crippen molar-refractivity contribution >= 4 is 32.6 Å². The predicted molar refractivity (Wildman–Crippen MR) is 133 cm³/mol. The minimum absolute atomic E-state index is 0.180. The number of anilines is 1. The quantitative estimate of drug-likeness (QED) is 0.419. The Morgan fingerprint density at radius 1 is 0.906 bits per heavy atom. The van der Waals surface area contributed by atoms with Crippen molar-refractivity contribution in [3.63, 3.8) is 0 Å². The molecule has 0 radical (unpaired) electrons. The molecule has 1 fully saturated rings. The molecule has 1 aliphatic rings. The van der Waals surface area contributed by atoms with Crippen molar-refractivity contribution in [1.29, 1.82) is 0 Å². The van der Waals surface area contributed by atoms with Gasteiger partial charge < -0.3 is 9.80 Å². The molecule has 0 saturated carbocycles. The summed E-state index contributed by atoms with van der Waals surface area (Å²) in [7, 11) is 0. The fourth-order valence-electron chi connectivity index (χ4n) is 4.38. The molecule has 1 saturated heterocycles. The van der Waals surface area contributed by atoms with Gasteiger partial charge in [0, 0.05) is 26.2 Å². The molecule has 0 unspecified atom stereocenters. The van der Waals surface area contributed by atoms with Gasteiger partial charge in [0.2, 0.25) is 5.91 Å². The van der Waals surface area contributed by atoms with Gasteiger partial charge in [0.15, 0.2) is 5.13 Å². The van der Waals surface area contributed by atoms with Gasteiger partial charge in [0.25, 0.3) is 0 Å². The first kappa shape index (κ1) is 20.7. The van der Waals surface area contributed by atoms with Crippen molar-refractivity contribution in [1.82, 2.24) is 9.88 Å². The SMILES string of the molecule is CCc1ccc2nc(N3CCN(C(=O)C(c4ccccc4)c4ccccc4)CC3)sc2c1. The second kappa shape index (κ2) is 9.13. The lowest BCUT2D eigenvalue weighted by Crippen LogP contribution is -2.50. The number of aryl methyl sites for hydroxylation is 1. The molecule has 4 nitrogen and oxygen atoms in total. The zero-order valence-electron chi connectivity index (χ0n) is 18.3. The molecule has 0 spiro atoms. The Hall–Kier alpha value is -3.18. The van der Waals surface area contributed by atoms with Gasteiger partial charge in [0.05, 0.1) is 16.1 Å². The Balaban J connectivity index is 1.33. The van der Waals surface area contributed by atoms with E-state index >= 15 is 0 Å². The third kappa shape index (κ3) is 4.13. The molecule has 0 aliphatic carbocycles. The highest BCUT2D eigenvalue weighted by molar-refractivity contribution is 7.22. The van der Waals surface area contributed by atoms with E-state index in [9.17, 15) is 4.79 Å². The Bertz CT molecular complexity index is 1160. The maximum atomic E-state index is 13.6. The van der Waals surface area contributed by atoms with E-state index in [2.05, 4.69) is 54.3 Å². The second-order valence-corrected chi connectivity index (χ2v) is 9.23. The van der Waals surface area contributed by atoms with E-state index in [4.69, 9.17) is 4.98 Å². The zero-order chi connectivity index (χ0) is 21.9. The lowest BCUT2D eigenvalue weighted by molar-refractivity contribution is -0.132. The Labute approximate surface area is 193 Å². The highest BCUT2D eigenvalue weighted by atomic mass is 32.1. The molecule has 32 heavy (non-hydrogen) atoms.